The maximum absolute atomic E-state index is 12.3. The second-order valence-electron chi connectivity index (χ2n) is 8.55. The SMILES string of the molecule is Cc1c(-c2ccccc2)cccc1-c1cc2cc(COC(=O)C3CCCCN3)ccn2c1. The Balaban J connectivity index is 1.37. The first-order valence-corrected chi connectivity index (χ1v) is 11.3. The first-order valence-electron chi connectivity index (χ1n) is 11.3. The monoisotopic (exact) mass is 424 g/mol. The molecule has 4 aromatic rings. The molecule has 0 amide bonds. The molecule has 0 bridgehead atoms. The van der Waals surface area contributed by atoms with Crippen molar-refractivity contribution in [1.29, 1.82) is 0 Å². The van der Waals surface area contributed by atoms with E-state index in [4.69, 9.17) is 4.74 Å². The van der Waals surface area contributed by atoms with Gasteiger partial charge in [-0.05, 0) is 72.3 Å². The average molecular weight is 425 g/mol. The predicted octanol–water partition coefficient (Wildman–Crippen LogP) is 5.77. The predicted molar refractivity (Wildman–Crippen MR) is 128 cm³/mol. The molecule has 3 heterocycles. The van der Waals surface area contributed by atoms with Crippen LogP contribution in [-0.4, -0.2) is 23.0 Å². The van der Waals surface area contributed by atoms with E-state index in [2.05, 4.69) is 77.4 Å². The van der Waals surface area contributed by atoms with Crippen molar-refractivity contribution in [2.45, 2.75) is 38.8 Å². The first-order chi connectivity index (χ1) is 15.7. The standard InChI is InChI=1S/C28H28N2O2/c1-20-25(22-8-3-2-4-9-22)10-7-11-26(20)23-17-24-16-21(13-15-30(24)18-23)19-32-28(31)27-12-5-6-14-29-27/h2-4,7-11,13,15-18,27,29H,5-6,12,14,19H2,1H3. The largest absolute Gasteiger partial charge is 0.460 e. The van der Waals surface area contributed by atoms with Crippen LogP contribution in [0.15, 0.2) is 79.1 Å². The van der Waals surface area contributed by atoms with E-state index in [1.807, 2.05) is 18.3 Å². The lowest BCUT2D eigenvalue weighted by Gasteiger charge is -2.21. The number of carbonyl (C=O) groups excluding carboxylic acids is 1. The molecule has 0 aliphatic carbocycles. The Morgan fingerprint density at radius 2 is 1.81 bits per heavy atom. The number of pyridine rings is 1. The molecule has 32 heavy (non-hydrogen) atoms. The van der Waals surface area contributed by atoms with E-state index in [0.717, 1.165) is 36.9 Å². The van der Waals surface area contributed by atoms with Gasteiger partial charge in [0.15, 0.2) is 0 Å². The van der Waals surface area contributed by atoms with Gasteiger partial charge in [-0.3, -0.25) is 4.79 Å². The molecule has 1 saturated heterocycles. The molecule has 4 heteroatoms. The Labute approximate surface area is 188 Å². The Morgan fingerprint density at radius 1 is 1.00 bits per heavy atom. The van der Waals surface area contributed by atoms with E-state index in [1.54, 1.807) is 0 Å². The summed E-state index contributed by atoms with van der Waals surface area (Å²) in [6.45, 7) is 3.38. The van der Waals surface area contributed by atoms with Crippen molar-refractivity contribution in [2.75, 3.05) is 6.54 Å². The van der Waals surface area contributed by atoms with Crippen molar-refractivity contribution < 1.29 is 9.53 Å². The van der Waals surface area contributed by atoms with Crippen molar-refractivity contribution in [3.8, 4) is 22.3 Å². The summed E-state index contributed by atoms with van der Waals surface area (Å²) in [4.78, 5) is 12.3. The molecule has 0 spiro atoms. The number of ether oxygens (including phenoxy) is 1. The van der Waals surface area contributed by atoms with Gasteiger partial charge < -0.3 is 14.5 Å². The molecule has 5 rings (SSSR count). The average Bonchev–Trinajstić information content (AvgIpc) is 3.27. The lowest BCUT2D eigenvalue weighted by atomic mass is 9.94. The highest BCUT2D eigenvalue weighted by Crippen LogP contribution is 2.33. The molecule has 2 aromatic heterocycles. The van der Waals surface area contributed by atoms with Gasteiger partial charge in [-0.2, -0.15) is 0 Å². The van der Waals surface area contributed by atoms with Gasteiger partial charge in [0.05, 0.1) is 0 Å². The smallest absolute Gasteiger partial charge is 0.323 e. The van der Waals surface area contributed by atoms with E-state index in [9.17, 15) is 4.79 Å². The highest BCUT2D eigenvalue weighted by atomic mass is 16.5. The summed E-state index contributed by atoms with van der Waals surface area (Å²) in [5.74, 6) is -0.144. The molecule has 4 nitrogen and oxygen atoms in total. The molecular weight excluding hydrogens is 396 g/mol. The van der Waals surface area contributed by atoms with Crippen molar-refractivity contribution in [3.05, 3.63) is 90.3 Å². The summed E-state index contributed by atoms with van der Waals surface area (Å²) < 4.78 is 7.70. The van der Waals surface area contributed by atoms with E-state index in [1.165, 1.54) is 27.8 Å². The lowest BCUT2D eigenvalue weighted by molar-refractivity contribution is -0.148. The van der Waals surface area contributed by atoms with Crippen LogP contribution < -0.4 is 5.32 Å². The maximum atomic E-state index is 12.3. The van der Waals surface area contributed by atoms with Gasteiger partial charge in [-0.25, -0.2) is 0 Å². The number of carbonyl (C=O) groups is 1. The number of esters is 1. The Hall–Kier alpha value is -3.37. The second-order valence-corrected chi connectivity index (χ2v) is 8.55. The van der Waals surface area contributed by atoms with Crippen LogP contribution in [0, 0.1) is 6.92 Å². The van der Waals surface area contributed by atoms with Gasteiger partial charge in [0.1, 0.15) is 12.6 Å². The molecule has 1 fully saturated rings. The number of nitrogens with zero attached hydrogens (tertiary/aromatic N) is 1. The number of nitrogens with one attached hydrogen (secondary N) is 1. The maximum Gasteiger partial charge on any atom is 0.323 e. The minimum atomic E-state index is -0.160. The molecule has 2 aromatic carbocycles. The normalized spacial score (nSPS) is 16.2. The van der Waals surface area contributed by atoms with Gasteiger partial charge in [0.25, 0.3) is 0 Å². The first kappa shape index (κ1) is 20.5. The molecule has 1 N–H and O–H groups in total. The van der Waals surface area contributed by atoms with Crippen molar-refractivity contribution in [2.24, 2.45) is 0 Å². The number of piperidine rings is 1. The van der Waals surface area contributed by atoms with Crippen LogP contribution >= 0.6 is 0 Å². The molecule has 0 radical (unpaired) electrons. The van der Waals surface area contributed by atoms with Gasteiger partial charge in [-0.1, -0.05) is 55.0 Å². The molecule has 1 aliphatic rings. The Kier molecular flexibility index (Phi) is 5.78. The van der Waals surface area contributed by atoms with Crippen molar-refractivity contribution in [3.63, 3.8) is 0 Å². The molecule has 1 aliphatic heterocycles. The topological polar surface area (TPSA) is 42.7 Å². The van der Waals surface area contributed by atoms with E-state index in [0.29, 0.717) is 6.61 Å². The van der Waals surface area contributed by atoms with E-state index < -0.39 is 0 Å². The van der Waals surface area contributed by atoms with Crippen LogP contribution in [0.3, 0.4) is 0 Å². The fraction of sp³-hybridized carbons (Fsp3) is 0.250. The number of benzene rings is 2. The van der Waals surface area contributed by atoms with E-state index in [-0.39, 0.29) is 12.0 Å². The fourth-order valence-corrected chi connectivity index (χ4v) is 4.58. The second kappa shape index (κ2) is 9.01. The number of rotatable bonds is 5. The molecule has 1 atom stereocenters. The highest BCUT2D eigenvalue weighted by molar-refractivity contribution is 5.80. The lowest BCUT2D eigenvalue weighted by Crippen LogP contribution is -2.41. The zero-order chi connectivity index (χ0) is 21.9. The van der Waals surface area contributed by atoms with Crippen molar-refractivity contribution in [1.82, 2.24) is 9.72 Å². The van der Waals surface area contributed by atoms with Crippen LogP contribution in [0.25, 0.3) is 27.8 Å². The summed E-state index contributed by atoms with van der Waals surface area (Å²) in [6, 6.07) is 23.1. The van der Waals surface area contributed by atoms with Gasteiger partial charge in [0, 0.05) is 23.5 Å². The van der Waals surface area contributed by atoms with Crippen LogP contribution in [0.4, 0.5) is 0 Å². The number of hydrogen-bond acceptors (Lipinski definition) is 3. The van der Waals surface area contributed by atoms with Crippen LogP contribution in [0.1, 0.15) is 30.4 Å². The van der Waals surface area contributed by atoms with Crippen LogP contribution in [-0.2, 0) is 16.1 Å². The summed E-state index contributed by atoms with van der Waals surface area (Å²) in [5.41, 5.74) is 8.25. The molecular formula is C28H28N2O2. The highest BCUT2D eigenvalue weighted by Gasteiger charge is 2.21. The Bertz CT molecular complexity index is 1240. The van der Waals surface area contributed by atoms with E-state index >= 15 is 0 Å². The third-order valence-electron chi connectivity index (χ3n) is 6.37. The Morgan fingerprint density at radius 3 is 2.59 bits per heavy atom. The summed E-state index contributed by atoms with van der Waals surface area (Å²) in [6.07, 6.45) is 7.27. The zero-order valence-electron chi connectivity index (χ0n) is 18.4. The summed E-state index contributed by atoms with van der Waals surface area (Å²) in [7, 11) is 0. The third kappa shape index (κ3) is 4.19. The number of fused-ring (bicyclic) bond motifs is 1. The fourth-order valence-electron chi connectivity index (χ4n) is 4.58. The van der Waals surface area contributed by atoms with Gasteiger partial charge >= 0.3 is 5.97 Å². The summed E-state index contributed by atoms with van der Waals surface area (Å²) >= 11 is 0. The zero-order valence-corrected chi connectivity index (χ0v) is 18.4. The molecule has 0 saturated carbocycles. The molecule has 162 valence electrons. The number of hydrogen-bond donors (Lipinski definition) is 1. The quantitative estimate of drug-likeness (QED) is 0.414. The summed E-state index contributed by atoms with van der Waals surface area (Å²) in [5, 5.41) is 3.25. The third-order valence-corrected chi connectivity index (χ3v) is 6.37. The number of aromatic nitrogens is 1. The van der Waals surface area contributed by atoms with Gasteiger partial charge in [-0.15, -0.1) is 0 Å². The minimum Gasteiger partial charge on any atom is -0.460 e. The molecule has 1 unspecified atom stereocenters. The van der Waals surface area contributed by atoms with Crippen LogP contribution in [0.5, 0.6) is 0 Å². The van der Waals surface area contributed by atoms with Crippen molar-refractivity contribution >= 4 is 11.5 Å². The minimum absolute atomic E-state index is 0.144. The van der Waals surface area contributed by atoms with Crippen LogP contribution in [0.2, 0.25) is 0 Å². The van der Waals surface area contributed by atoms with Gasteiger partial charge in [0.2, 0.25) is 0 Å².